The Bertz CT molecular complexity index is 980. The molecule has 28 heavy (non-hydrogen) atoms. The fraction of sp³-hybridized carbons (Fsp3) is 0.300. The van der Waals surface area contributed by atoms with Crippen LogP contribution in [0.5, 0.6) is 0 Å². The molecule has 0 unspecified atom stereocenters. The zero-order chi connectivity index (χ0) is 20.0. The first kappa shape index (κ1) is 20.4. The number of nitrogens with one attached hydrogen (secondary N) is 2. The van der Waals surface area contributed by atoms with Crippen molar-refractivity contribution < 1.29 is 13.2 Å². The molecule has 0 saturated heterocycles. The van der Waals surface area contributed by atoms with Gasteiger partial charge in [-0.25, -0.2) is 13.8 Å². The minimum atomic E-state index is -3.85. The van der Waals surface area contributed by atoms with E-state index in [2.05, 4.69) is 15.2 Å². The van der Waals surface area contributed by atoms with Crippen LogP contribution in [0.1, 0.15) is 48.9 Å². The molecule has 148 valence electrons. The number of benzene rings is 2. The van der Waals surface area contributed by atoms with E-state index in [-0.39, 0.29) is 10.5 Å². The van der Waals surface area contributed by atoms with Crippen LogP contribution in [0, 0.1) is 0 Å². The number of hydrogen-bond donors (Lipinski definition) is 2. The second kappa shape index (κ2) is 9.21. The van der Waals surface area contributed by atoms with Crippen LogP contribution in [0.4, 0.5) is 5.69 Å². The molecule has 0 heterocycles. The molecule has 1 amide bonds. The van der Waals surface area contributed by atoms with Gasteiger partial charge in [0.25, 0.3) is 15.9 Å². The highest BCUT2D eigenvalue weighted by atomic mass is 35.5. The van der Waals surface area contributed by atoms with Crippen molar-refractivity contribution in [2.24, 2.45) is 5.10 Å². The summed E-state index contributed by atoms with van der Waals surface area (Å²) in [4.78, 5) is 12.4. The lowest BCUT2D eigenvalue weighted by Gasteiger charge is -2.09. The summed E-state index contributed by atoms with van der Waals surface area (Å²) in [5.41, 5.74) is 4.11. The predicted molar refractivity (Wildman–Crippen MR) is 111 cm³/mol. The van der Waals surface area contributed by atoms with Gasteiger partial charge in [0.15, 0.2) is 0 Å². The molecule has 0 atom stereocenters. The highest BCUT2D eigenvalue weighted by Crippen LogP contribution is 2.20. The van der Waals surface area contributed by atoms with E-state index in [4.69, 9.17) is 11.6 Å². The van der Waals surface area contributed by atoms with Crippen molar-refractivity contribution in [2.45, 2.75) is 43.4 Å². The van der Waals surface area contributed by atoms with Crippen molar-refractivity contribution in [3.05, 3.63) is 59.1 Å². The maximum Gasteiger partial charge on any atom is 0.271 e. The molecule has 0 spiro atoms. The van der Waals surface area contributed by atoms with Gasteiger partial charge < -0.3 is 0 Å². The van der Waals surface area contributed by atoms with Gasteiger partial charge in [-0.15, -0.1) is 0 Å². The van der Waals surface area contributed by atoms with Crippen LogP contribution in [0.15, 0.2) is 58.5 Å². The second-order valence-electron chi connectivity index (χ2n) is 6.68. The van der Waals surface area contributed by atoms with Crippen LogP contribution in [-0.4, -0.2) is 20.0 Å². The quantitative estimate of drug-likeness (QED) is 0.549. The summed E-state index contributed by atoms with van der Waals surface area (Å²) in [5.74, 6) is -0.434. The van der Waals surface area contributed by atoms with E-state index in [0.717, 1.165) is 31.4 Å². The van der Waals surface area contributed by atoms with Gasteiger partial charge in [-0.2, -0.15) is 5.10 Å². The molecule has 2 aromatic carbocycles. The topological polar surface area (TPSA) is 87.6 Å². The Hall–Kier alpha value is -2.38. The average Bonchev–Trinajstić information content (AvgIpc) is 2.95. The highest BCUT2D eigenvalue weighted by Gasteiger charge is 2.17. The third kappa shape index (κ3) is 5.56. The maximum absolute atomic E-state index is 12.6. The first-order valence-electron chi connectivity index (χ1n) is 9.18. The number of carbonyl (C=O) groups excluding carboxylic acids is 1. The maximum atomic E-state index is 12.6. The number of anilines is 1. The van der Waals surface area contributed by atoms with Gasteiger partial charge in [-0.05, 0) is 62.1 Å². The van der Waals surface area contributed by atoms with Gasteiger partial charge in [0.1, 0.15) is 0 Å². The Morgan fingerprint density at radius 3 is 2.39 bits per heavy atom. The van der Waals surface area contributed by atoms with Crippen molar-refractivity contribution >= 4 is 38.9 Å². The van der Waals surface area contributed by atoms with Crippen molar-refractivity contribution in [3.63, 3.8) is 0 Å². The highest BCUT2D eigenvalue weighted by molar-refractivity contribution is 7.92. The molecule has 1 saturated carbocycles. The number of carbonyl (C=O) groups is 1. The lowest BCUT2D eigenvalue weighted by molar-refractivity contribution is 0.0954. The number of sulfonamides is 1. The van der Waals surface area contributed by atoms with Crippen LogP contribution in [0.3, 0.4) is 0 Å². The minimum absolute atomic E-state index is 0.0118. The van der Waals surface area contributed by atoms with E-state index in [1.54, 1.807) is 24.3 Å². The zero-order valence-corrected chi connectivity index (χ0v) is 16.9. The largest absolute Gasteiger partial charge is 0.280 e. The monoisotopic (exact) mass is 419 g/mol. The Morgan fingerprint density at radius 1 is 0.964 bits per heavy atom. The number of halogens is 1. The van der Waals surface area contributed by atoms with Crippen LogP contribution in [0.25, 0.3) is 0 Å². The second-order valence-corrected chi connectivity index (χ2v) is 8.80. The summed E-state index contributed by atoms with van der Waals surface area (Å²) < 4.78 is 27.7. The van der Waals surface area contributed by atoms with E-state index in [1.807, 2.05) is 0 Å². The van der Waals surface area contributed by atoms with Crippen molar-refractivity contribution in [1.82, 2.24) is 5.43 Å². The molecule has 2 N–H and O–H groups in total. The van der Waals surface area contributed by atoms with E-state index in [1.165, 1.54) is 37.1 Å². The fourth-order valence-electron chi connectivity index (χ4n) is 3.01. The van der Waals surface area contributed by atoms with Crippen LogP contribution >= 0.6 is 11.6 Å². The number of rotatable bonds is 5. The van der Waals surface area contributed by atoms with Crippen LogP contribution in [0.2, 0.25) is 5.02 Å². The molecule has 0 aromatic heterocycles. The average molecular weight is 420 g/mol. The van der Waals surface area contributed by atoms with E-state index in [9.17, 15) is 13.2 Å². The lowest BCUT2D eigenvalue weighted by atomic mass is 10.2. The molecule has 1 aliphatic carbocycles. The van der Waals surface area contributed by atoms with Gasteiger partial charge in [0, 0.05) is 16.3 Å². The third-order valence-electron chi connectivity index (χ3n) is 4.48. The Balaban J connectivity index is 1.73. The van der Waals surface area contributed by atoms with E-state index >= 15 is 0 Å². The molecule has 0 aliphatic heterocycles. The molecular formula is C20H22ClN3O3S. The van der Waals surface area contributed by atoms with Crippen LogP contribution in [-0.2, 0) is 10.0 Å². The van der Waals surface area contributed by atoms with Gasteiger partial charge in [0.2, 0.25) is 0 Å². The summed E-state index contributed by atoms with van der Waals surface area (Å²) in [6.45, 7) is 0. The molecule has 3 rings (SSSR count). The zero-order valence-electron chi connectivity index (χ0n) is 15.3. The van der Waals surface area contributed by atoms with E-state index < -0.39 is 15.9 Å². The van der Waals surface area contributed by atoms with Crippen molar-refractivity contribution in [3.8, 4) is 0 Å². The Kier molecular flexibility index (Phi) is 6.70. The summed E-state index contributed by atoms with van der Waals surface area (Å²) >= 11 is 5.90. The number of nitrogens with zero attached hydrogens (tertiary/aromatic N) is 1. The SMILES string of the molecule is O=C(NN=C1CCCCCC1)c1cccc(S(=O)(=O)Nc2cccc(Cl)c2)c1. The summed E-state index contributed by atoms with van der Waals surface area (Å²) in [6, 6.07) is 12.3. The molecule has 8 heteroatoms. The number of hydrogen-bond acceptors (Lipinski definition) is 4. The summed E-state index contributed by atoms with van der Waals surface area (Å²) in [6.07, 6.45) is 6.31. The molecule has 1 aliphatic rings. The lowest BCUT2D eigenvalue weighted by Crippen LogP contribution is -2.20. The van der Waals surface area contributed by atoms with Gasteiger partial charge in [-0.1, -0.05) is 36.6 Å². The smallest absolute Gasteiger partial charge is 0.271 e. The van der Waals surface area contributed by atoms with E-state index in [0.29, 0.717) is 10.7 Å². The number of hydrazone groups is 1. The summed E-state index contributed by atoms with van der Waals surface area (Å²) in [7, 11) is -3.85. The van der Waals surface area contributed by atoms with Crippen LogP contribution < -0.4 is 10.1 Å². The summed E-state index contributed by atoms with van der Waals surface area (Å²) in [5, 5.41) is 4.65. The minimum Gasteiger partial charge on any atom is -0.280 e. The standard InChI is InChI=1S/C20H22ClN3O3S/c21-16-8-6-11-18(14-16)24-28(26,27)19-12-5-7-15(13-19)20(25)23-22-17-9-3-1-2-4-10-17/h5-8,11-14,24H,1-4,9-10H2,(H,23,25). The predicted octanol–water partition coefficient (Wildman–Crippen LogP) is 4.58. The van der Waals surface area contributed by atoms with Gasteiger partial charge in [-0.3, -0.25) is 9.52 Å². The van der Waals surface area contributed by atoms with Crippen molar-refractivity contribution in [2.75, 3.05) is 4.72 Å². The Labute approximate surface area is 170 Å². The molecule has 6 nitrogen and oxygen atoms in total. The molecule has 0 bridgehead atoms. The molecule has 1 fully saturated rings. The van der Waals surface area contributed by atoms with Gasteiger partial charge in [0.05, 0.1) is 10.6 Å². The Morgan fingerprint density at radius 2 is 1.68 bits per heavy atom. The fourth-order valence-corrected chi connectivity index (χ4v) is 4.30. The molecule has 2 aromatic rings. The molecule has 0 radical (unpaired) electrons. The van der Waals surface area contributed by atoms with Crippen molar-refractivity contribution in [1.29, 1.82) is 0 Å². The third-order valence-corrected chi connectivity index (χ3v) is 6.09. The van der Waals surface area contributed by atoms with Gasteiger partial charge >= 0.3 is 0 Å². The normalized spacial score (nSPS) is 14.8. The first-order valence-corrected chi connectivity index (χ1v) is 11.0. The number of amides is 1. The molecular weight excluding hydrogens is 398 g/mol. The first-order chi connectivity index (χ1) is 13.4.